The lowest BCUT2D eigenvalue weighted by molar-refractivity contribution is -0.116. The molecule has 0 spiro atoms. The van der Waals surface area contributed by atoms with Gasteiger partial charge >= 0.3 is 0 Å². The molecule has 1 heterocycles. The summed E-state index contributed by atoms with van der Waals surface area (Å²) in [5.74, 6) is -0.161. The van der Waals surface area contributed by atoms with Gasteiger partial charge in [-0.05, 0) is 24.3 Å². The van der Waals surface area contributed by atoms with Crippen molar-refractivity contribution in [1.82, 2.24) is 9.55 Å². The van der Waals surface area contributed by atoms with Crippen LogP contribution in [0.1, 0.15) is 0 Å². The molecule has 0 saturated heterocycles. The van der Waals surface area contributed by atoms with Gasteiger partial charge < -0.3 is 15.0 Å². The van der Waals surface area contributed by atoms with E-state index in [2.05, 4.69) is 10.3 Å². The Morgan fingerprint density at radius 3 is 2.75 bits per heavy atom. The lowest BCUT2D eigenvalue weighted by Gasteiger charge is -2.08. The quantitative estimate of drug-likeness (QED) is 0.716. The van der Waals surface area contributed by atoms with Crippen LogP contribution in [-0.2, 0) is 11.3 Å². The molecular weight excluding hydrogens is 254 g/mol. The zero-order valence-electron chi connectivity index (χ0n) is 10.7. The maximum atomic E-state index is 12.0. The Kier molecular flexibility index (Phi) is 3.09. The maximum Gasteiger partial charge on any atom is 0.244 e. The van der Waals surface area contributed by atoms with Crippen LogP contribution in [0.3, 0.4) is 0 Å². The van der Waals surface area contributed by atoms with Crippen molar-refractivity contribution in [2.24, 2.45) is 0 Å². The Morgan fingerprint density at radius 2 is 1.90 bits per heavy atom. The Labute approximate surface area is 115 Å². The summed E-state index contributed by atoms with van der Waals surface area (Å²) in [4.78, 5) is 16.2. The zero-order valence-corrected chi connectivity index (χ0v) is 10.7. The number of hydrogen-bond acceptors (Lipinski definition) is 3. The first-order valence-corrected chi connectivity index (χ1v) is 6.22. The van der Waals surface area contributed by atoms with Crippen molar-refractivity contribution in [3.05, 3.63) is 54.9 Å². The van der Waals surface area contributed by atoms with E-state index in [0.717, 1.165) is 11.0 Å². The summed E-state index contributed by atoms with van der Waals surface area (Å²) in [6.07, 6.45) is 1.63. The lowest BCUT2D eigenvalue weighted by atomic mass is 10.3. The number of rotatable bonds is 3. The molecule has 2 N–H and O–H groups in total. The van der Waals surface area contributed by atoms with Crippen LogP contribution in [0.2, 0.25) is 0 Å². The number of aromatic nitrogens is 2. The average Bonchev–Trinajstić information content (AvgIpc) is 2.85. The van der Waals surface area contributed by atoms with Gasteiger partial charge in [-0.3, -0.25) is 4.79 Å². The summed E-state index contributed by atoms with van der Waals surface area (Å²) in [7, 11) is 0. The molecule has 3 aromatic rings. The summed E-state index contributed by atoms with van der Waals surface area (Å²) < 4.78 is 1.77. The van der Waals surface area contributed by atoms with Gasteiger partial charge in [-0.2, -0.15) is 0 Å². The summed E-state index contributed by atoms with van der Waals surface area (Å²) in [5, 5.41) is 12.3. The second-order valence-electron chi connectivity index (χ2n) is 4.43. The second kappa shape index (κ2) is 5.05. The number of benzene rings is 2. The van der Waals surface area contributed by atoms with Crippen LogP contribution in [0.25, 0.3) is 11.0 Å². The van der Waals surface area contributed by atoms with Crippen LogP contribution in [0.5, 0.6) is 5.75 Å². The van der Waals surface area contributed by atoms with Crippen LogP contribution in [0.4, 0.5) is 5.69 Å². The van der Waals surface area contributed by atoms with Crippen LogP contribution in [-0.4, -0.2) is 20.6 Å². The van der Waals surface area contributed by atoms with E-state index in [0.29, 0.717) is 5.69 Å². The Balaban J connectivity index is 1.78. The highest BCUT2D eigenvalue weighted by Gasteiger charge is 2.08. The predicted molar refractivity (Wildman–Crippen MR) is 76.5 cm³/mol. The molecule has 100 valence electrons. The van der Waals surface area contributed by atoms with E-state index in [1.54, 1.807) is 29.1 Å². The number of para-hydroxylation sites is 4. The fourth-order valence-electron chi connectivity index (χ4n) is 2.06. The molecule has 0 aliphatic heterocycles. The Morgan fingerprint density at radius 1 is 1.15 bits per heavy atom. The molecule has 0 fully saturated rings. The summed E-state index contributed by atoms with van der Waals surface area (Å²) >= 11 is 0. The summed E-state index contributed by atoms with van der Waals surface area (Å²) in [6.45, 7) is 0.148. The van der Waals surface area contributed by atoms with Gasteiger partial charge in [0.25, 0.3) is 0 Å². The van der Waals surface area contributed by atoms with E-state index in [1.165, 1.54) is 6.07 Å². The first-order valence-electron chi connectivity index (χ1n) is 6.22. The molecule has 0 unspecified atom stereocenters. The molecule has 0 saturated carbocycles. The van der Waals surface area contributed by atoms with E-state index >= 15 is 0 Å². The van der Waals surface area contributed by atoms with Crippen LogP contribution >= 0.6 is 0 Å². The molecule has 1 amide bonds. The standard InChI is InChI=1S/C15H13N3O2/c19-14-8-4-2-6-12(14)17-15(20)9-18-10-16-11-5-1-3-7-13(11)18/h1-8,10,19H,9H2,(H,17,20). The van der Waals surface area contributed by atoms with Gasteiger partial charge in [-0.15, -0.1) is 0 Å². The van der Waals surface area contributed by atoms with Crippen molar-refractivity contribution in [3.8, 4) is 5.75 Å². The number of anilines is 1. The van der Waals surface area contributed by atoms with Crippen LogP contribution in [0.15, 0.2) is 54.9 Å². The Hall–Kier alpha value is -2.82. The van der Waals surface area contributed by atoms with Gasteiger partial charge in [0.1, 0.15) is 12.3 Å². The summed E-state index contributed by atoms with van der Waals surface area (Å²) in [6, 6.07) is 14.3. The Bertz CT molecular complexity index is 764. The van der Waals surface area contributed by atoms with Gasteiger partial charge in [-0.25, -0.2) is 4.98 Å². The zero-order chi connectivity index (χ0) is 13.9. The van der Waals surface area contributed by atoms with Crippen molar-refractivity contribution in [3.63, 3.8) is 0 Å². The number of imidazole rings is 1. The molecule has 2 aromatic carbocycles. The first kappa shape index (κ1) is 12.2. The molecule has 0 bridgehead atoms. The van der Waals surface area contributed by atoms with E-state index in [9.17, 15) is 9.90 Å². The minimum atomic E-state index is -0.213. The largest absolute Gasteiger partial charge is 0.506 e. The monoisotopic (exact) mass is 267 g/mol. The second-order valence-corrected chi connectivity index (χ2v) is 4.43. The molecule has 0 radical (unpaired) electrons. The molecule has 20 heavy (non-hydrogen) atoms. The molecule has 5 nitrogen and oxygen atoms in total. The van der Waals surface area contributed by atoms with Crippen molar-refractivity contribution in [2.75, 3.05) is 5.32 Å². The highest BCUT2D eigenvalue weighted by molar-refractivity contribution is 5.92. The van der Waals surface area contributed by atoms with Gasteiger partial charge in [0.05, 0.1) is 23.0 Å². The third-order valence-electron chi connectivity index (χ3n) is 3.02. The number of nitrogens with one attached hydrogen (secondary N) is 1. The molecule has 0 atom stereocenters. The molecular formula is C15H13N3O2. The fourth-order valence-corrected chi connectivity index (χ4v) is 2.06. The third kappa shape index (κ3) is 2.33. The molecule has 0 aliphatic rings. The SMILES string of the molecule is O=C(Cn1cnc2ccccc21)Nc1ccccc1O. The first-order chi connectivity index (χ1) is 9.74. The van der Waals surface area contributed by atoms with Crippen molar-refractivity contribution in [1.29, 1.82) is 0 Å². The van der Waals surface area contributed by atoms with E-state index in [-0.39, 0.29) is 18.2 Å². The lowest BCUT2D eigenvalue weighted by Crippen LogP contribution is -2.18. The van der Waals surface area contributed by atoms with Crippen molar-refractivity contribution in [2.45, 2.75) is 6.54 Å². The van der Waals surface area contributed by atoms with E-state index in [4.69, 9.17) is 0 Å². The van der Waals surface area contributed by atoms with E-state index < -0.39 is 0 Å². The van der Waals surface area contributed by atoms with Gasteiger partial charge in [0, 0.05) is 0 Å². The molecule has 5 heteroatoms. The third-order valence-corrected chi connectivity index (χ3v) is 3.02. The van der Waals surface area contributed by atoms with E-state index in [1.807, 2.05) is 24.3 Å². The summed E-state index contributed by atoms with van der Waals surface area (Å²) in [5.41, 5.74) is 2.16. The van der Waals surface area contributed by atoms with Crippen LogP contribution in [0, 0.1) is 0 Å². The average molecular weight is 267 g/mol. The number of fused-ring (bicyclic) bond motifs is 1. The fraction of sp³-hybridized carbons (Fsp3) is 0.0667. The van der Waals surface area contributed by atoms with Gasteiger partial charge in [0.15, 0.2) is 0 Å². The predicted octanol–water partition coefficient (Wildman–Crippen LogP) is 2.38. The number of phenolic OH excluding ortho intramolecular Hbond substituents is 1. The van der Waals surface area contributed by atoms with Crippen LogP contribution < -0.4 is 5.32 Å². The van der Waals surface area contributed by atoms with Gasteiger partial charge in [-0.1, -0.05) is 24.3 Å². The topological polar surface area (TPSA) is 67.2 Å². The molecule has 3 rings (SSSR count). The number of carbonyl (C=O) groups is 1. The number of aromatic hydroxyl groups is 1. The normalized spacial score (nSPS) is 10.6. The minimum Gasteiger partial charge on any atom is -0.506 e. The molecule has 1 aromatic heterocycles. The number of carbonyl (C=O) groups excluding carboxylic acids is 1. The van der Waals surface area contributed by atoms with Gasteiger partial charge in [0.2, 0.25) is 5.91 Å². The number of nitrogens with zero attached hydrogens (tertiary/aromatic N) is 2. The molecule has 0 aliphatic carbocycles. The maximum absolute atomic E-state index is 12.0. The highest BCUT2D eigenvalue weighted by Crippen LogP contribution is 2.21. The minimum absolute atomic E-state index is 0.0522. The smallest absolute Gasteiger partial charge is 0.244 e. The highest BCUT2D eigenvalue weighted by atomic mass is 16.3. The number of amides is 1. The number of phenols is 1. The van der Waals surface area contributed by atoms with Crippen molar-refractivity contribution < 1.29 is 9.90 Å². The van der Waals surface area contributed by atoms with Crippen molar-refractivity contribution >= 4 is 22.6 Å². The number of hydrogen-bond donors (Lipinski definition) is 2.